The predicted molar refractivity (Wildman–Crippen MR) is 167 cm³/mol. The molecule has 17 heteroatoms. The fraction of sp³-hybridized carbons (Fsp3) is 0.567. The van der Waals surface area contributed by atoms with Crippen molar-refractivity contribution in [2.24, 2.45) is 11.8 Å². The molecule has 0 bridgehead atoms. The highest BCUT2D eigenvalue weighted by Gasteiger charge is 2.40. The van der Waals surface area contributed by atoms with Gasteiger partial charge in [0.25, 0.3) is 5.91 Å². The van der Waals surface area contributed by atoms with E-state index < -0.39 is 68.3 Å². The number of carbonyl (C=O) groups excluding carboxylic acids is 5. The van der Waals surface area contributed by atoms with Crippen molar-refractivity contribution in [1.82, 2.24) is 20.5 Å². The van der Waals surface area contributed by atoms with E-state index in [0.29, 0.717) is 23.1 Å². The molecule has 1 aliphatic heterocycles. The van der Waals surface area contributed by atoms with Gasteiger partial charge in [-0.2, -0.15) is 0 Å². The zero-order valence-electron chi connectivity index (χ0n) is 27.5. The van der Waals surface area contributed by atoms with Crippen molar-refractivity contribution in [3.63, 3.8) is 0 Å². The minimum Gasteiger partial charge on any atom is -0.496 e. The molecule has 0 radical (unpaired) electrons. The minimum absolute atomic E-state index is 0.0399. The number of carbonyl (C=O) groups is 5. The van der Waals surface area contributed by atoms with Crippen molar-refractivity contribution in [2.75, 3.05) is 41.6 Å². The molecule has 0 spiro atoms. The first-order valence-corrected chi connectivity index (χ1v) is 16.4. The summed E-state index contributed by atoms with van der Waals surface area (Å²) in [5.41, 5.74) is 0.859. The Morgan fingerprint density at radius 3 is 2.36 bits per heavy atom. The Morgan fingerprint density at radius 1 is 1.04 bits per heavy atom. The quantitative estimate of drug-likeness (QED) is 0.163. The number of aromatic amines is 1. The van der Waals surface area contributed by atoms with Crippen molar-refractivity contribution in [1.29, 1.82) is 0 Å². The van der Waals surface area contributed by atoms with Crippen LogP contribution in [0.3, 0.4) is 0 Å². The molecule has 3 amide bonds. The largest absolute Gasteiger partial charge is 0.509 e. The zero-order valence-corrected chi connectivity index (χ0v) is 28.4. The smallest absolute Gasteiger partial charge is 0.496 e. The molecule has 2 aromatic rings. The molecule has 4 atom stereocenters. The molecule has 1 fully saturated rings. The molecule has 47 heavy (non-hydrogen) atoms. The van der Waals surface area contributed by atoms with Crippen molar-refractivity contribution in [2.45, 2.75) is 58.3 Å². The zero-order chi connectivity index (χ0) is 34.9. The molecule has 3 N–H and O–H groups in total. The second kappa shape index (κ2) is 16.7. The summed E-state index contributed by atoms with van der Waals surface area (Å²) in [4.78, 5) is 69.6. The van der Waals surface area contributed by atoms with E-state index in [-0.39, 0.29) is 31.0 Å². The summed E-state index contributed by atoms with van der Waals surface area (Å²) in [5.74, 6) is -2.57. The van der Waals surface area contributed by atoms with Crippen molar-refractivity contribution in [3.8, 4) is 5.75 Å². The number of rotatable bonds is 17. The average molecular weight is 683 g/mol. The summed E-state index contributed by atoms with van der Waals surface area (Å²) in [6.45, 7) is 4.69. The number of amides is 3. The van der Waals surface area contributed by atoms with Crippen LogP contribution in [0.1, 0.15) is 50.5 Å². The first-order valence-electron chi connectivity index (χ1n) is 15.0. The third kappa shape index (κ3) is 9.76. The molecule has 260 valence electrons. The topological polar surface area (TPSA) is 201 Å². The Bertz CT molecular complexity index is 1490. The molecule has 1 saturated heterocycles. The van der Waals surface area contributed by atoms with Gasteiger partial charge in [0, 0.05) is 37.6 Å². The first-order chi connectivity index (χ1) is 22.2. The number of hydrogen-bond acceptors (Lipinski definition) is 12. The van der Waals surface area contributed by atoms with Gasteiger partial charge in [-0.1, -0.05) is 19.9 Å². The lowest BCUT2D eigenvalue weighted by Gasteiger charge is -2.26. The number of hydrogen-bond donors (Lipinski definition) is 3. The van der Waals surface area contributed by atoms with Gasteiger partial charge in [-0.15, -0.1) is 0 Å². The number of methoxy groups -OCH3 is 2. The number of phosphoric acid groups is 1. The molecule has 0 saturated carbocycles. The number of nitrogens with zero attached hydrogens (tertiary/aromatic N) is 1. The number of likely N-dealkylation sites (tertiary alicyclic amines) is 1. The predicted octanol–water partition coefficient (Wildman–Crippen LogP) is 3.16. The fourth-order valence-electron chi connectivity index (χ4n) is 5.21. The lowest BCUT2D eigenvalue weighted by atomic mass is 9.95. The van der Waals surface area contributed by atoms with E-state index in [4.69, 9.17) is 23.0 Å². The van der Waals surface area contributed by atoms with Crippen molar-refractivity contribution < 1.29 is 56.3 Å². The second-order valence-corrected chi connectivity index (χ2v) is 13.2. The normalized spacial score (nSPS) is 16.9. The fourth-order valence-corrected chi connectivity index (χ4v) is 5.86. The van der Waals surface area contributed by atoms with Gasteiger partial charge >= 0.3 is 14.0 Å². The van der Waals surface area contributed by atoms with E-state index in [0.717, 1.165) is 21.3 Å². The van der Waals surface area contributed by atoms with E-state index in [1.165, 1.54) is 18.9 Å². The number of phosphoric ester groups is 1. The molecule has 16 nitrogen and oxygen atoms in total. The highest BCUT2D eigenvalue weighted by Crippen LogP contribution is 2.47. The van der Waals surface area contributed by atoms with Gasteiger partial charge in [0.2, 0.25) is 11.8 Å². The summed E-state index contributed by atoms with van der Waals surface area (Å²) in [6.07, 6.45) is -1.53. The summed E-state index contributed by atoms with van der Waals surface area (Å²) in [7, 11) is 0.781. The van der Waals surface area contributed by atoms with E-state index in [9.17, 15) is 28.5 Å². The number of nitrogens with one attached hydrogen (secondary N) is 3. The Kier molecular flexibility index (Phi) is 13.3. The van der Waals surface area contributed by atoms with E-state index in [1.807, 2.05) is 13.8 Å². The maximum atomic E-state index is 13.7. The number of H-pyrrole nitrogens is 1. The molecule has 1 aromatic carbocycles. The summed E-state index contributed by atoms with van der Waals surface area (Å²) >= 11 is 0. The van der Waals surface area contributed by atoms with Gasteiger partial charge in [-0.25, -0.2) is 9.36 Å². The Morgan fingerprint density at radius 2 is 1.74 bits per heavy atom. The van der Waals surface area contributed by atoms with Gasteiger partial charge in [0.1, 0.15) is 24.1 Å². The monoisotopic (exact) mass is 682 g/mol. The lowest BCUT2D eigenvalue weighted by Crippen LogP contribution is -2.53. The average Bonchev–Trinajstić information content (AvgIpc) is 3.65. The molecular weight excluding hydrogens is 639 g/mol. The van der Waals surface area contributed by atoms with Crippen LogP contribution in [0.25, 0.3) is 10.9 Å². The van der Waals surface area contributed by atoms with Gasteiger partial charge in [-0.3, -0.25) is 32.7 Å². The van der Waals surface area contributed by atoms with Crippen molar-refractivity contribution >= 4 is 48.4 Å². The van der Waals surface area contributed by atoms with E-state index in [1.54, 1.807) is 24.3 Å². The number of ether oxygens (including phenoxy) is 3. The Labute approximate surface area is 272 Å². The van der Waals surface area contributed by atoms with Gasteiger partial charge in [0.05, 0.1) is 20.3 Å². The molecule has 2 heterocycles. The van der Waals surface area contributed by atoms with Gasteiger partial charge in [0.15, 0.2) is 12.0 Å². The third-order valence-corrected chi connectivity index (χ3v) is 9.02. The standard InChI is InChI=1S/C30H43N4O12P/c1-17(2)13-23(33-28(37)24-15-20-21(31-24)9-8-10-26(20)41-4)27(36)32-22(25(35)16-45-47(40,43-6)44-7)14-19-11-12-34(29(19)38)18(3)46-30(39)42-5/h8-10,15,17-19,22-23,31H,11-14,16H2,1-7H3,(H,32,36)(H,33,37)/t18?,19-,22?,23?/m0/s1. The van der Waals surface area contributed by atoms with Crippen LogP contribution in [-0.2, 0) is 42.0 Å². The number of Topliss-reactive ketones (excluding diaryl/α,β-unsaturated/α-hetero) is 1. The summed E-state index contributed by atoms with van der Waals surface area (Å²) in [6, 6.07) is 4.57. The Hall–Kier alpha value is -3.98. The highest BCUT2D eigenvalue weighted by atomic mass is 31.2. The van der Waals surface area contributed by atoms with E-state index >= 15 is 0 Å². The maximum Gasteiger partial charge on any atom is 0.509 e. The van der Waals surface area contributed by atoms with Crippen LogP contribution in [0.5, 0.6) is 5.75 Å². The maximum absolute atomic E-state index is 13.7. The number of aromatic nitrogens is 1. The van der Waals surface area contributed by atoms with Crippen LogP contribution in [0.2, 0.25) is 0 Å². The molecule has 3 rings (SSSR count). The van der Waals surface area contributed by atoms with Crippen LogP contribution in [-0.4, -0.2) is 99.4 Å². The molecule has 0 aliphatic carbocycles. The van der Waals surface area contributed by atoms with E-state index in [2.05, 4.69) is 20.4 Å². The van der Waals surface area contributed by atoms with Gasteiger partial charge < -0.3 is 34.7 Å². The SMILES string of the molecule is COC(=O)OC(C)N1CC[C@@H](CC(NC(=O)C(CC(C)C)NC(=O)c2cc3c(OC)cccc3[nH]2)C(=O)COP(=O)(OC)OC)C1=O. The second-order valence-electron chi connectivity index (χ2n) is 11.3. The number of benzene rings is 1. The van der Waals surface area contributed by atoms with Gasteiger partial charge in [-0.05, 0) is 50.3 Å². The summed E-state index contributed by atoms with van der Waals surface area (Å²) < 4.78 is 42.0. The van der Waals surface area contributed by atoms with Crippen LogP contribution in [0.4, 0.5) is 4.79 Å². The molecule has 1 aromatic heterocycles. The van der Waals surface area contributed by atoms with Crippen LogP contribution in [0.15, 0.2) is 24.3 Å². The molecule has 1 aliphatic rings. The number of fused-ring (bicyclic) bond motifs is 1. The van der Waals surface area contributed by atoms with Crippen LogP contribution >= 0.6 is 7.82 Å². The Balaban J connectivity index is 1.82. The van der Waals surface area contributed by atoms with Crippen molar-refractivity contribution in [3.05, 3.63) is 30.0 Å². The first kappa shape index (κ1) is 37.5. The molecule has 3 unspecified atom stereocenters. The third-order valence-electron chi connectivity index (χ3n) is 7.68. The van der Waals surface area contributed by atoms with Crippen LogP contribution < -0.4 is 15.4 Å². The molecular formula is C30H43N4O12P. The summed E-state index contributed by atoms with van der Waals surface area (Å²) in [5, 5.41) is 6.09. The lowest BCUT2D eigenvalue weighted by molar-refractivity contribution is -0.140. The highest BCUT2D eigenvalue weighted by molar-refractivity contribution is 7.48. The van der Waals surface area contributed by atoms with Crippen LogP contribution in [0, 0.1) is 11.8 Å². The minimum atomic E-state index is -4.04. The number of ketones is 1.